The van der Waals surface area contributed by atoms with E-state index in [-0.39, 0.29) is 25.2 Å². The van der Waals surface area contributed by atoms with Crippen LogP contribution < -0.4 is 0 Å². The molecule has 108 valence electrons. The summed E-state index contributed by atoms with van der Waals surface area (Å²) in [4.78, 5) is 22.4. The summed E-state index contributed by atoms with van der Waals surface area (Å²) in [5.41, 5.74) is 0. The lowest BCUT2D eigenvalue weighted by molar-refractivity contribution is -0.143. The van der Waals surface area contributed by atoms with Crippen molar-refractivity contribution >= 4 is 11.9 Å². The Morgan fingerprint density at radius 3 is 1.60 bits per heavy atom. The molecule has 0 unspecified atom stereocenters. The molecule has 0 rings (SSSR count). The van der Waals surface area contributed by atoms with Crippen LogP contribution >= 0.6 is 0 Å². The monoisotopic (exact) mass is 276 g/mol. The third-order valence-corrected chi connectivity index (χ3v) is 2.25. The van der Waals surface area contributed by atoms with Crippen molar-refractivity contribution in [3.05, 3.63) is 12.2 Å². The maximum atomic E-state index is 11.2. The molecule has 0 amide bonds. The predicted octanol–water partition coefficient (Wildman–Crippen LogP) is 2.24. The molecule has 0 atom stereocenters. The molecule has 0 saturated carbocycles. The van der Waals surface area contributed by atoms with Gasteiger partial charge in [-0.1, -0.05) is 0 Å². The second kappa shape index (κ2) is 13.2. The van der Waals surface area contributed by atoms with Gasteiger partial charge in [0.1, 0.15) is 13.2 Å². The molecule has 0 aliphatic carbocycles. The molecule has 0 aliphatic rings. The molecule has 4 nitrogen and oxygen atoms in total. The predicted molar refractivity (Wildman–Crippen MR) is 76.4 cm³/mol. The second-order valence-electron chi connectivity index (χ2n) is 3.95. The molecule has 0 heterocycles. The summed E-state index contributed by atoms with van der Waals surface area (Å²) < 4.78 is 9.84. The van der Waals surface area contributed by atoms with Crippen molar-refractivity contribution in [3.8, 4) is 24.7 Å². The summed E-state index contributed by atoms with van der Waals surface area (Å²) in [6, 6.07) is 0. The van der Waals surface area contributed by atoms with E-state index in [2.05, 4.69) is 11.8 Å². The van der Waals surface area contributed by atoms with Gasteiger partial charge in [-0.15, -0.1) is 24.7 Å². The lowest BCUT2D eigenvalue weighted by Crippen LogP contribution is -2.05. The van der Waals surface area contributed by atoms with E-state index in [4.69, 9.17) is 22.3 Å². The van der Waals surface area contributed by atoms with E-state index in [1.165, 1.54) is 0 Å². The third-order valence-electron chi connectivity index (χ3n) is 2.25. The summed E-state index contributed by atoms with van der Waals surface area (Å²) >= 11 is 0. The maximum Gasteiger partial charge on any atom is 0.306 e. The molecular formula is C16H20O4. The van der Waals surface area contributed by atoms with E-state index in [9.17, 15) is 9.59 Å². The molecule has 4 heteroatoms. The van der Waals surface area contributed by atoms with Crippen LogP contribution in [0.2, 0.25) is 0 Å². The molecule has 0 fully saturated rings. The van der Waals surface area contributed by atoms with E-state index in [0.29, 0.717) is 38.5 Å². The van der Waals surface area contributed by atoms with Crippen LogP contribution in [0, 0.1) is 24.7 Å². The normalized spacial score (nSPS) is 9.70. The number of hydrogen-bond donors (Lipinski definition) is 0. The summed E-state index contributed by atoms with van der Waals surface area (Å²) in [6.07, 6.45) is 16.5. The highest BCUT2D eigenvalue weighted by molar-refractivity contribution is 5.69. The first-order valence-electron chi connectivity index (χ1n) is 6.54. The van der Waals surface area contributed by atoms with Gasteiger partial charge in [-0.25, -0.2) is 0 Å². The first kappa shape index (κ1) is 17.8. The third kappa shape index (κ3) is 12.3. The standard InChI is InChI=1S/C16H20O4/c1-3-5-7-11-15(17)19-13-9-10-14-20-16(18)12-8-6-4-2/h1-2,9-10H,5-8,11-14H2/b10-9-. The molecule has 0 bridgehead atoms. The number of carbonyl (C=O) groups is 2. The van der Waals surface area contributed by atoms with Gasteiger partial charge in [0, 0.05) is 25.7 Å². The Kier molecular flexibility index (Phi) is 11.8. The fourth-order valence-electron chi connectivity index (χ4n) is 1.23. The van der Waals surface area contributed by atoms with Crippen LogP contribution in [0.15, 0.2) is 12.2 Å². The minimum atomic E-state index is -0.281. The van der Waals surface area contributed by atoms with Crippen LogP contribution in [0.25, 0.3) is 0 Å². The zero-order valence-corrected chi connectivity index (χ0v) is 11.6. The number of carbonyl (C=O) groups excluding carboxylic acids is 2. The fourth-order valence-corrected chi connectivity index (χ4v) is 1.23. The van der Waals surface area contributed by atoms with Crippen molar-refractivity contribution in [2.24, 2.45) is 0 Å². The van der Waals surface area contributed by atoms with E-state index in [1.807, 2.05) is 0 Å². The number of unbranched alkanes of at least 4 members (excludes halogenated alkanes) is 2. The van der Waals surface area contributed by atoms with E-state index in [0.717, 1.165) is 0 Å². The van der Waals surface area contributed by atoms with Gasteiger partial charge in [0.25, 0.3) is 0 Å². The van der Waals surface area contributed by atoms with Gasteiger partial charge in [-0.2, -0.15) is 0 Å². The molecule has 0 aromatic heterocycles. The van der Waals surface area contributed by atoms with Crippen LogP contribution in [0.4, 0.5) is 0 Å². The van der Waals surface area contributed by atoms with Crippen LogP contribution in [0.1, 0.15) is 38.5 Å². The first-order valence-corrected chi connectivity index (χ1v) is 6.54. The molecule has 0 saturated heterocycles. The van der Waals surface area contributed by atoms with Gasteiger partial charge in [-0.05, 0) is 25.0 Å². The average molecular weight is 276 g/mol. The zero-order valence-electron chi connectivity index (χ0n) is 11.6. The number of hydrogen-bond acceptors (Lipinski definition) is 4. The van der Waals surface area contributed by atoms with Crippen molar-refractivity contribution < 1.29 is 19.1 Å². The minimum absolute atomic E-state index is 0.170. The summed E-state index contributed by atoms with van der Waals surface area (Å²) in [5.74, 6) is 4.35. The van der Waals surface area contributed by atoms with Crippen LogP contribution in [0.3, 0.4) is 0 Å². The highest BCUT2D eigenvalue weighted by Gasteiger charge is 2.01. The van der Waals surface area contributed by atoms with Gasteiger partial charge in [0.05, 0.1) is 0 Å². The Labute approximate surface area is 120 Å². The molecule has 0 aromatic rings. The van der Waals surface area contributed by atoms with Crippen molar-refractivity contribution in [3.63, 3.8) is 0 Å². The lowest BCUT2D eigenvalue weighted by atomic mass is 10.2. The topological polar surface area (TPSA) is 52.6 Å². The van der Waals surface area contributed by atoms with Gasteiger partial charge in [0.15, 0.2) is 0 Å². The number of esters is 2. The van der Waals surface area contributed by atoms with Crippen molar-refractivity contribution in [2.75, 3.05) is 13.2 Å². The molecule has 0 radical (unpaired) electrons. The number of ether oxygens (including phenoxy) is 2. The van der Waals surface area contributed by atoms with Crippen LogP contribution in [-0.4, -0.2) is 25.2 Å². The minimum Gasteiger partial charge on any atom is -0.461 e. The lowest BCUT2D eigenvalue weighted by Gasteiger charge is -2.01. The summed E-state index contributed by atoms with van der Waals surface area (Å²) in [7, 11) is 0. The zero-order chi connectivity index (χ0) is 15.1. The van der Waals surface area contributed by atoms with E-state index in [1.54, 1.807) is 12.2 Å². The van der Waals surface area contributed by atoms with Crippen LogP contribution in [0.5, 0.6) is 0 Å². The Morgan fingerprint density at radius 2 is 1.25 bits per heavy atom. The Morgan fingerprint density at radius 1 is 0.850 bits per heavy atom. The number of rotatable bonds is 10. The SMILES string of the molecule is C#CCCCC(=O)OC/C=C\COC(=O)CCCC#C. The Bertz CT molecular complexity index is 358. The highest BCUT2D eigenvalue weighted by atomic mass is 16.5. The molecular weight excluding hydrogens is 256 g/mol. The molecule has 0 spiro atoms. The van der Waals surface area contributed by atoms with Crippen LogP contribution in [-0.2, 0) is 19.1 Å². The second-order valence-corrected chi connectivity index (χ2v) is 3.95. The molecule has 0 N–H and O–H groups in total. The first-order chi connectivity index (χ1) is 9.70. The molecule has 0 aliphatic heterocycles. The van der Waals surface area contributed by atoms with Crippen molar-refractivity contribution in [1.82, 2.24) is 0 Å². The maximum absolute atomic E-state index is 11.2. The van der Waals surface area contributed by atoms with Crippen molar-refractivity contribution in [1.29, 1.82) is 0 Å². The average Bonchev–Trinajstić information content (AvgIpc) is 2.43. The number of terminal acetylenes is 2. The smallest absolute Gasteiger partial charge is 0.306 e. The highest BCUT2D eigenvalue weighted by Crippen LogP contribution is 1.97. The largest absolute Gasteiger partial charge is 0.461 e. The van der Waals surface area contributed by atoms with E-state index < -0.39 is 0 Å². The van der Waals surface area contributed by atoms with Gasteiger partial charge in [0.2, 0.25) is 0 Å². The summed E-state index contributed by atoms with van der Waals surface area (Å²) in [5, 5.41) is 0. The Hall–Kier alpha value is -2.20. The van der Waals surface area contributed by atoms with Crippen molar-refractivity contribution in [2.45, 2.75) is 38.5 Å². The van der Waals surface area contributed by atoms with Gasteiger partial charge < -0.3 is 9.47 Å². The van der Waals surface area contributed by atoms with Gasteiger partial charge >= 0.3 is 11.9 Å². The quantitative estimate of drug-likeness (QED) is 0.266. The molecule has 20 heavy (non-hydrogen) atoms. The van der Waals surface area contributed by atoms with Gasteiger partial charge in [-0.3, -0.25) is 9.59 Å². The summed E-state index contributed by atoms with van der Waals surface area (Å²) in [6.45, 7) is 0.340. The fraction of sp³-hybridized carbons (Fsp3) is 0.500. The van der Waals surface area contributed by atoms with E-state index >= 15 is 0 Å². The Balaban J connectivity index is 3.48. The molecule has 0 aromatic carbocycles.